The van der Waals surface area contributed by atoms with E-state index in [0.29, 0.717) is 11.6 Å². The summed E-state index contributed by atoms with van der Waals surface area (Å²) in [6.07, 6.45) is 4.66. The highest BCUT2D eigenvalue weighted by molar-refractivity contribution is 5.52. The highest BCUT2D eigenvalue weighted by Crippen LogP contribution is 2.18. The van der Waals surface area contributed by atoms with Crippen LogP contribution in [0.1, 0.15) is 18.5 Å². The molecule has 0 saturated carbocycles. The summed E-state index contributed by atoms with van der Waals surface area (Å²) >= 11 is 0. The van der Waals surface area contributed by atoms with Gasteiger partial charge in [0.05, 0.1) is 0 Å². The quantitative estimate of drug-likeness (QED) is 0.842. The van der Waals surface area contributed by atoms with E-state index in [0.717, 1.165) is 38.0 Å². The first-order chi connectivity index (χ1) is 9.24. The number of piperidine rings is 1. The van der Waals surface area contributed by atoms with Gasteiger partial charge in [-0.05, 0) is 50.4 Å². The molecule has 19 heavy (non-hydrogen) atoms. The number of hydrogen-bond acceptors (Lipinski definition) is 4. The zero-order chi connectivity index (χ0) is 13.2. The number of aromatic nitrogens is 2. The van der Waals surface area contributed by atoms with E-state index in [2.05, 4.69) is 10.3 Å². The molecule has 2 N–H and O–H groups in total. The lowest BCUT2D eigenvalue weighted by Gasteiger charge is -2.22. The number of pyridine rings is 1. The Labute approximate surface area is 110 Å². The van der Waals surface area contributed by atoms with Crippen LogP contribution < -0.4 is 10.9 Å². The lowest BCUT2D eigenvalue weighted by atomic mass is 9.93. The molecule has 2 aromatic rings. The minimum absolute atomic E-state index is 0.0479. The van der Waals surface area contributed by atoms with Crippen LogP contribution in [-0.4, -0.2) is 27.6 Å². The zero-order valence-corrected chi connectivity index (χ0v) is 10.7. The van der Waals surface area contributed by atoms with Crippen molar-refractivity contribution in [3.63, 3.8) is 0 Å². The molecule has 0 bridgehead atoms. The smallest absolute Gasteiger partial charge is 0.258 e. The van der Waals surface area contributed by atoms with Crippen LogP contribution in [0.2, 0.25) is 0 Å². The van der Waals surface area contributed by atoms with E-state index in [1.54, 1.807) is 24.4 Å². The van der Waals surface area contributed by atoms with E-state index in [1.165, 1.54) is 4.40 Å². The molecule has 1 fully saturated rings. The predicted molar refractivity (Wildman–Crippen MR) is 72.4 cm³/mol. The number of hydrogen-bond donors (Lipinski definition) is 2. The van der Waals surface area contributed by atoms with Gasteiger partial charge in [-0.1, -0.05) is 0 Å². The van der Waals surface area contributed by atoms with Crippen molar-refractivity contribution in [2.45, 2.75) is 19.3 Å². The molecule has 5 nitrogen and oxygen atoms in total. The molecule has 1 saturated heterocycles. The average Bonchev–Trinajstić information content (AvgIpc) is 2.41. The topological polar surface area (TPSA) is 66.6 Å². The Hall–Kier alpha value is -1.88. The van der Waals surface area contributed by atoms with Gasteiger partial charge in [-0.25, -0.2) is 4.98 Å². The van der Waals surface area contributed by atoms with Gasteiger partial charge in [0.25, 0.3) is 5.56 Å². The van der Waals surface area contributed by atoms with Crippen molar-refractivity contribution in [1.29, 1.82) is 0 Å². The molecule has 100 valence electrons. The Morgan fingerprint density at radius 3 is 3.00 bits per heavy atom. The third kappa shape index (κ3) is 2.46. The molecule has 1 aliphatic rings. The number of nitrogens with zero attached hydrogens (tertiary/aromatic N) is 2. The zero-order valence-electron chi connectivity index (χ0n) is 10.7. The average molecular weight is 259 g/mol. The summed E-state index contributed by atoms with van der Waals surface area (Å²) in [5, 5.41) is 13.1. The first-order valence-corrected chi connectivity index (χ1v) is 6.65. The maximum Gasteiger partial charge on any atom is 0.258 e. The number of aromatic hydroxyl groups is 1. The van der Waals surface area contributed by atoms with Crippen LogP contribution in [0, 0.1) is 5.92 Å². The van der Waals surface area contributed by atoms with Gasteiger partial charge in [0.2, 0.25) is 0 Å². The van der Waals surface area contributed by atoms with Crippen LogP contribution >= 0.6 is 0 Å². The molecule has 3 rings (SSSR count). The summed E-state index contributed by atoms with van der Waals surface area (Å²) in [7, 11) is 0. The van der Waals surface area contributed by atoms with E-state index < -0.39 is 0 Å². The fourth-order valence-corrected chi connectivity index (χ4v) is 2.64. The third-order valence-corrected chi connectivity index (χ3v) is 3.68. The fraction of sp³-hybridized carbons (Fsp3) is 0.429. The van der Waals surface area contributed by atoms with Crippen molar-refractivity contribution in [3.05, 3.63) is 40.4 Å². The van der Waals surface area contributed by atoms with Gasteiger partial charge in [0.1, 0.15) is 0 Å². The van der Waals surface area contributed by atoms with E-state index in [4.69, 9.17) is 0 Å². The molecule has 1 aliphatic heterocycles. The minimum atomic E-state index is -0.134. The second-order valence-corrected chi connectivity index (χ2v) is 5.07. The molecule has 5 heteroatoms. The Bertz CT molecular complexity index is 645. The minimum Gasteiger partial charge on any atom is -0.504 e. The molecule has 0 aliphatic carbocycles. The molecular formula is C14H17N3O2. The summed E-state index contributed by atoms with van der Waals surface area (Å²) in [5.74, 6) is 0.619. The normalized spacial score (nSPS) is 16.8. The first kappa shape index (κ1) is 12.2. The van der Waals surface area contributed by atoms with Gasteiger partial charge < -0.3 is 10.4 Å². The van der Waals surface area contributed by atoms with Gasteiger partial charge in [-0.2, -0.15) is 0 Å². The van der Waals surface area contributed by atoms with Crippen LogP contribution in [0.4, 0.5) is 0 Å². The summed E-state index contributed by atoms with van der Waals surface area (Å²) < 4.78 is 1.38. The number of nitrogens with one attached hydrogen (secondary N) is 1. The SMILES string of the molecule is O=c1cc(CC2CCNCC2)nc2c(O)cccn12. The summed E-state index contributed by atoms with van der Waals surface area (Å²) in [4.78, 5) is 16.4. The van der Waals surface area contributed by atoms with Gasteiger partial charge in [-0.3, -0.25) is 9.20 Å². The highest BCUT2D eigenvalue weighted by Gasteiger charge is 2.15. The molecule has 3 heterocycles. The van der Waals surface area contributed by atoms with Crippen LogP contribution in [0.3, 0.4) is 0 Å². The van der Waals surface area contributed by atoms with Gasteiger partial charge in [-0.15, -0.1) is 0 Å². The molecule has 0 unspecified atom stereocenters. The maximum atomic E-state index is 12.0. The lowest BCUT2D eigenvalue weighted by Crippen LogP contribution is -2.29. The third-order valence-electron chi connectivity index (χ3n) is 3.68. The number of rotatable bonds is 2. The van der Waals surface area contributed by atoms with Gasteiger partial charge in [0, 0.05) is 18.0 Å². The van der Waals surface area contributed by atoms with Gasteiger partial charge in [0.15, 0.2) is 11.4 Å². The largest absolute Gasteiger partial charge is 0.504 e. The lowest BCUT2D eigenvalue weighted by molar-refractivity contribution is 0.370. The van der Waals surface area contributed by atoms with Crippen LogP contribution in [0.15, 0.2) is 29.2 Å². The molecule has 0 spiro atoms. The van der Waals surface area contributed by atoms with Crippen molar-refractivity contribution in [3.8, 4) is 5.75 Å². The maximum absolute atomic E-state index is 12.0. The van der Waals surface area contributed by atoms with Crippen LogP contribution in [0.25, 0.3) is 5.65 Å². The molecule has 0 atom stereocenters. The van der Waals surface area contributed by atoms with E-state index in [-0.39, 0.29) is 11.3 Å². The van der Waals surface area contributed by atoms with E-state index in [9.17, 15) is 9.90 Å². The van der Waals surface area contributed by atoms with Crippen molar-refractivity contribution in [1.82, 2.24) is 14.7 Å². The Morgan fingerprint density at radius 1 is 1.42 bits per heavy atom. The Kier molecular flexibility index (Phi) is 3.21. The van der Waals surface area contributed by atoms with Gasteiger partial charge >= 0.3 is 0 Å². The fourth-order valence-electron chi connectivity index (χ4n) is 2.64. The van der Waals surface area contributed by atoms with Crippen molar-refractivity contribution in [2.24, 2.45) is 5.92 Å². The molecule has 0 amide bonds. The predicted octanol–water partition coefficient (Wildman–Crippen LogP) is 0.942. The van der Waals surface area contributed by atoms with E-state index in [1.807, 2.05) is 0 Å². The second-order valence-electron chi connectivity index (χ2n) is 5.07. The Morgan fingerprint density at radius 2 is 2.21 bits per heavy atom. The standard InChI is InChI=1S/C14H17N3O2/c18-12-2-1-7-17-13(19)9-11(16-14(12)17)8-10-3-5-15-6-4-10/h1-2,7,9-10,15,18H,3-6,8H2. The number of fused-ring (bicyclic) bond motifs is 1. The highest BCUT2D eigenvalue weighted by atomic mass is 16.3. The summed E-state index contributed by atoms with van der Waals surface area (Å²) in [5.41, 5.74) is 0.988. The monoisotopic (exact) mass is 259 g/mol. The molecule has 0 radical (unpaired) electrons. The molecule has 2 aromatic heterocycles. The van der Waals surface area contributed by atoms with Crippen molar-refractivity contribution >= 4 is 5.65 Å². The van der Waals surface area contributed by atoms with Crippen LogP contribution in [0.5, 0.6) is 5.75 Å². The summed E-state index contributed by atoms with van der Waals surface area (Å²) in [6, 6.07) is 4.77. The molecule has 0 aromatic carbocycles. The second kappa shape index (κ2) is 5.01. The van der Waals surface area contributed by atoms with Crippen molar-refractivity contribution < 1.29 is 5.11 Å². The summed E-state index contributed by atoms with van der Waals surface area (Å²) in [6.45, 7) is 2.06. The van der Waals surface area contributed by atoms with Crippen molar-refractivity contribution in [2.75, 3.05) is 13.1 Å². The van der Waals surface area contributed by atoms with E-state index >= 15 is 0 Å². The first-order valence-electron chi connectivity index (χ1n) is 6.65. The van der Waals surface area contributed by atoms with Crippen LogP contribution in [-0.2, 0) is 6.42 Å². The Balaban J connectivity index is 1.96. The molecular weight excluding hydrogens is 242 g/mol.